The molecule has 0 aliphatic heterocycles. The van der Waals surface area contributed by atoms with E-state index in [0.717, 1.165) is 20.9 Å². The van der Waals surface area contributed by atoms with Crippen molar-refractivity contribution in [1.29, 1.82) is 0 Å². The van der Waals surface area contributed by atoms with Crippen LogP contribution in [0.25, 0.3) is 17.0 Å². The van der Waals surface area contributed by atoms with Crippen LogP contribution in [0.2, 0.25) is 0 Å². The molecular formula is C12H10BrNO. The van der Waals surface area contributed by atoms with Crippen LogP contribution in [0.1, 0.15) is 12.5 Å². The number of benzene rings is 1. The van der Waals surface area contributed by atoms with Crippen LogP contribution < -0.4 is 0 Å². The van der Waals surface area contributed by atoms with E-state index in [-0.39, 0.29) is 5.78 Å². The lowest BCUT2D eigenvalue weighted by Gasteiger charge is -1.93. The Kier molecular flexibility index (Phi) is 2.73. The number of ketones is 1. The van der Waals surface area contributed by atoms with E-state index in [0.29, 0.717) is 0 Å². The van der Waals surface area contributed by atoms with E-state index >= 15 is 0 Å². The Morgan fingerprint density at radius 3 is 3.00 bits per heavy atom. The summed E-state index contributed by atoms with van der Waals surface area (Å²) in [4.78, 5) is 14.0. The van der Waals surface area contributed by atoms with Crippen LogP contribution in [-0.4, -0.2) is 10.8 Å². The highest BCUT2D eigenvalue weighted by molar-refractivity contribution is 9.10. The molecule has 1 aromatic heterocycles. The van der Waals surface area contributed by atoms with Gasteiger partial charge in [-0.2, -0.15) is 0 Å². The van der Waals surface area contributed by atoms with Gasteiger partial charge in [0.2, 0.25) is 0 Å². The summed E-state index contributed by atoms with van der Waals surface area (Å²) < 4.78 is 1.03. The Morgan fingerprint density at radius 1 is 1.47 bits per heavy atom. The van der Waals surface area contributed by atoms with E-state index in [4.69, 9.17) is 0 Å². The number of hydrogen-bond donors (Lipinski definition) is 1. The van der Waals surface area contributed by atoms with Crippen LogP contribution in [0, 0.1) is 0 Å². The van der Waals surface area contributed by atoms with Crippen molar-refractivity contribution in [1.82, 2.24) is 4.98 Å². The van der Waals surface area contributed by atoms with Crippen LogP contribution in [-0.2, 0) is 4.79 Å². The average molecular weight is 264 g/mol. The predicted molar refractivity (Wildman–Crippen MR) is 65.7 cm³/mol. The van der Waals surface area contributed by atoms with Gasteiger partial charge in [-0.25, -0.2) is 0 Å². The van der Waals surface area contributed by atoms with Crippen molar-refractivity contribution < 1.29 is 4.79 Å². The Morgan fingerprint density at radius 2 is 2.27 bits per heavy atom. The molecule has 0 radical (unpaired) electrons. The molecule has 0 fully saturated rings. The van der Waals surface area contributed by atoms with Crippen LogP contribution in [0.3, 0.4) is 0 Å². The predicted octanol–water partition coefficient (Wildman–Crippen LogP) is 3.53. The van der Waals surface area contributed by atoms with Gasteiger partial charge in [0.05, 0.1) is 0 Å². The number of H-pyrrole nitrogens is 1. The summed E-state index contributed by atoms with van der Waals surface area (Å²) >= 11 is 3.43. The molecule has 0 unspecified atom stereocenters. The minimum absolute atomic E-state index is 0.0550. The highest BCUT2D eigenvalue weighted by Gasteiger charge is 2.00. The third-order valence-electron chi connectivity index (χ3n) is 2.17. The van der Waals surface area contributed by atoms with Gasteiger partial charge in [-0.3, -0.25) is 4.79 Å². The topological polar surface area (TPSA) is 32.9 Å². The number of aromatic amines is 1. The molecule has 1 aromatic carbocycles. The van der Waals surface area contributed by atoms with Crippen molar-refractivity contribution in [3.63, 3.8) is 0 Å². The largest absolute Gasteiger partial charge is 0.361 e. The number of carbonyl (C=O) groups is 1. The summed E-state index contributed by atoms with van der Waals surface area (Å²) in [5, 5.41) is 1.11. The summed E-state index contributed by atoms with van der Waals surface area (Å²) in [6.07, 6.45) is 5.30. The van der Waals surface area contributed by atoms with Gasteiger partial charge in [-0.15, -0.1) is 0 Å². The van der Waals surface area contributed by atoms with Gasteiger partial charge in [-0.1, -0.05) is 15.9 Å². The molecule has 1 heterocycles. The first-order valence-electron chi connectivity index (χ1n) is 4.62. The van der Waals surface area contributed by atoms with E-state index in [1.807, 2.05) is 30.5 Å². The summed E-state index contributed by atoms with van der Waals surface area (Å²) in [5.74, 6) is 0.0550. The standard InChI is InChI=1S/C12H10BrNO/c1-8(15)2-3-9-7-14-12-5-4-10(13)6-11(9)12/h2-7,14H,1H3/b3-2+. The third-order valence-corrected chi connectivity index (χ3v) is 2.67. The molecule has 0 spiro atoms. The van der Waals surface area contributed by atoms with Crippen molar-refractivity contribution >= 4 is 38.7 Å². The van der Waals surface area contributed by atoms with Gasteiger partial charge in [-0.05, 0) is 42.8 Å². The maximum Gasteiger partial charge on any atom is 0.152 e. The lowest BCUT2D eigenvalue weighted by Crippen LogP contribution is -1.79. The number of fused-ring (bicyclic) bond motifs is 1. The van der Waals surface area contributed by atoms with Crippen molar-refractivity contribution in [3.05, 3.63) is 40.5 Å². The van der Waals surface area contributed by atoms with Gasteiger partial charge < -0.3 is 4.98 Å². The molecule has 15 heavy (non-hydrogen) atoms. The molecule has 3 heteroatoms. The number of aromatic nitrogens is 1. The zero-order chi connectivity index (χ0) is 10.8. The maximum absolute atomic E-state index is 10.8. The summed E-state index contributed by atoms with van der Waals surface area (Å²) in [6.45, 7) is 1.54. The number of carbonyl (C=O) groups excluding carboxylic acids is 1. The van der Waals surface area contributed by atoms with E-state index < -0.39 is 0 Å². The maximum atomic E-state index is 10.8. The summed E-state index contributed by atoms with van der Waals surface area (Å²) in [7, 11) is 0. The van der Waals surface area contributed by atoms with Crippen molar-refractivity contribution in [2.24, 2.45) is 0 Å². The van der Waals surface area contributed by atoms with Crippen molar-refractivity contribution in [2.75, 3.05) is 0 Å². The van der Waals surface area contributed by atoms with E-state index in [1.54, 1.807) is 13.0 Å². The Bertz CT molecular complexity index is 540. The fourth-order valence-corrected chi connectivity index (χ4v) is 1.82. The second-order valence-corrected chi connectivity index (χ2v) is 4.29. The molecule has 0 atom stereocenters. The monoisotopic (exact) mass is 263 g/mol. The number of nitrogens with one attached hydrogen (secondary N) is 1. The first-order valence-corrected chi connectivity index (χ1v) is 5.41. The van der Waals surface area contributed by atoms with Gasteiger partial charge >= 0.3 is 0 Å². The quantitative estimate of drug-likeness (QED) is 0.827. The first kappa shape index (κ1) is 10.2. The number of halogens is 1. The second-order valence-electron chi connectivity index (χ2n) is 3.38. The lowest BCUT2D eigenvalue weighted by atomic mass is 10.1. The Balaban J connectivity index is 2.52. The van der Waals surface area contributed by atoms with Crippen LogP contribution in [0.5, 0.6) is 0 Å². The Hall–Kier alpha value is -1.35. The molecule has 2 nitrogen and oxygen atoms in total. The molecule has 0 saturated carbocycles. The molecule has 0 aliphatic rings. The van der Waals surface area contributed by atoms with Crippen molar-refractivity contribution in [3.8, 4) is 0 Å². The fraction of sp³-hybridized carbons (Fsp3) is 0.0833. The minimum atomic E-state index is 0.0550. The first-order chi connectivity index (χ1) is 7.16. The zero-order valence-electron chi connectivity index (χ0n) is 8.25. The molecule has 0 bridgehead atoms. The van der Waals surface area contributed by atoms with Crippen molar-refractivity contribution in [2.45, 2.75) is 6.92 Å². The highest BCUT2D eigenvalue weighted by Crippen LogP contribution is 2.23. The number of allylic oxidation sites excluding steroid dienone is 1. The zero-order valence-corrected chi connectivity index (χ0v) is 9.84. The minimum Gasteiger partial charge on any atom is -0.361 e. The molecule has 76 valence electrons. The van der Waals surface area contributed by atoms with Gasteiger partial charge in [0.15, 0.2) is 5.78 Å². The average Bonchev–Trinajstić information content (AvgIpc) is 2.57. The van der Waals surface area contributed by atoms with Crippen LogP contribution >= 0.6 is 15.9 Å². The molecule has 2 aromatic rings. The third kappa shape index (κ3) is 2.18. The van der Waals surface area contributed by atoms with Gasteiger partial charge in [0.1, 0.15) is 0 Å². The fourth-order valence-electron chi connectivity index (χ4n) is 1.46. The highest BCUT2D eigenvalue weighted by atomic mass is 79.9. The van der Waals surface area contributed by atoms with E-state index in [9.17, 15) is 4.79 Å². The molecule has 0 saturated heterocycles. The Labute approximate surface area is 96.1 Å². The lowest BCUT2D eigenvalue weighted by molar-refractivity contribution is -0.112. The molecule has 2 rings (SSSR count). The molecule has 0 amide bonds. The van der Waals surface area contributed by atoms with E-state index in [1.165, 1.54) is 0 Å². The SMILES string of the molecule is CC(=O)/C=C/c1c[nH]c2ccc(Br)cc12. The second kappa shape index (κ2) is 4.03. The van der Waals surface area contributed by atoms with Gasteiger partial charge in [0, 0.05) is 21.6 Å². The number of rotatable bonds is 2. The summed E-state index contributed by atoms with van der Waals surface area (Å²) in [5.41, 5.74) is 2.10. The normalized spacial score (nSPS) is 11.3. The van der Waals surface area contributed by atoms with Crippen LogP contribution in [0.4, 0.5) is 0 Å². The van der Waals surface area contributed by atoms with E-state index in [2.05, 4.69) is 20.9 Å². The van der Waals surface area contributed by atoms with Gasteiger partial charge in [0.25, 0.3) is 0 Å². The smallest absolute Gasteiger partial charge is 0.152 e. The molecule has 0 aliphatic carbocycles. The van der Waals surface area contributed by atoms with Crippen LogP contribution in [0.15, 0.2) is 34.9 Å². The number of hydrogen-bond acceptors (Lipinski definition) is 1. The molecular weight excluding hydrogens is 254 g/mol. The molecule has 1 N–H and O–H groups in total. The summed E-state index contributed by atoms with van der Waals surface area (Å²) in [6, 6.07) is 6.02.